The molecule has 0 bridgehead atoms. The molecule has 1 aromatic heterocycles. The van der Waals surface area contributed by atoms with Gasteiger partial charge in [0.05, 0.1) is 9.50 Å². The molecule has 1 aromatic carbocycles. The zero-order valence-corrected chi connectivity index (χ0v) is 11.4. The number of nitrogen functional groups attached to an aromatic ring is 1. The third-order valence-corrected chi connectivity index (χ3v) is 3.47. The molecule has 0 aliphatic carbocycles. The number of benzene rings is 1. The highest BCUT2D eigenvalue weighted by molar-refractivity contribution is 9.10. The Morgan fingerprint density at radius 2 is 2.12 bits per heavy atom. The number of aryl methyl sites for hydroxylation is 1. The summed E-state index contributed by atoms with van der Waals surface area (Å²) >= 11 is 9.44. The summed E-state index contributed by atoms with van der Waals surface area (Å²) in [5.74, 6) is 1.01. The van der Waals surface area contributed by atoms with E-state index in [0.29, 0.717) is 22.3 Å². The predicted molar refractivity (Wildman–Crippen MR) is 72.6 cm³/mol. The van der Waals surface area contributed by atoms with Gasteiger partial charge in [0.2, 0.25) is 5.88 Å². The molecule has 0 unspecified atom stereocenters. The van der Waals surface area contributed by atoms with Crippen LogP contribution in [-0.2, 0) is 0 Å². The molecular formula is C12H10BrClN2O. The number of nitrogens with two attached hydrogens (primary N) is 1. The minimum Gasteiger partial charge on any atom is -0.436 e. The van der Waals surface area contributed by atoms with Gasteiger partial charge in [0.25, 0.3) is 0 Å². The van der Waals surface area contributed by atoms with Crippen LogP contribution in [0, 0.1) is 6.92 Å². The molecule has 0 atom stereocenters. The SMILES string of the molecule is Cc1ccnc(Oc2ccc(N)cc2Cl)c1Br. The summed E-state index contributed by atoms with van der Waals surface area (Å²) in [6.45, 7) is 1.96. The van der Waals surface area contributed by atoms with Gasteiger partial charge in [-0.3, -0.25) is 0 Å². The lowest BCUT2D eigenvalue weighted by Gasteiger charge is -2.09. The largest absolute Gasteiger partial charge is 0.436 e. The highest BCUT2D eigenvalue weighted by atomic mass is 79.9. The average Bonchev–Trinajstić information content (AvgIpc) is 2.28. The van der Waals surface area contributed by atoms with Crippen molar-refractivity contribution in [3.05, 3.63) is 45.5 Å². The molecule has 0 radical (unpaired) electrons. The molecule has 2 rings (SSSR count). The van der Waals surface area contributed by atoms with E-state index in [4.69, 9.17) is 22.1 Å². The van der Waals surface area contributed by atoms with Crippen LogP contribution in [0.2, 0.25) is 5.02 Å². The normalized spacial score (nSPS) is 10.3. The lowest BCUT2D eigenvalue weighted by Crippen LogP contribution is -1.92. The second-order valence-electron chi connectivity index (χ2n) is 3.54. The van der Waals surface area contributed by atoms with E-state index >= 15 is 0 Å². The molecule has 0 spiro atoms. The Morgan fingerprint density at radius 1 is 1.35 bits per heavy atom. The molecule has 0 aliphatic heterocycles. The van der Waals surface area contributed by atoms with Crippen LogP contribution in [0.5, 0.6) is 11.6 Å². The van der Waals surface area contributed by atoms with Gasteiger partial charge in [0, 0.05) is 11.9 Å². The van der Waals surface area contributed by atoms with Crippen LogP contribution in [0.15, 0.2) is 34.9 Å². The minimum absolute atomic E-state index is 0.459. The van der Waals surface area contributed by atoms with Gasteiger partial charge in [0.15, 0.2) is 0 Å². The Labute approximate surface area is 113 Å². The molecule has 0 aliphatic rings. The summed E-state index contributed by atoms with van der Waals surface area (Å²) in [6, 6.07) is 6.97. The van der Waals surface area contributed by atoms with Crippen molar-refractivity contribution in [1.82, 2.24) is 4.98 Å². The summed E-state index contributed by atoms with van der Waals surface area (Å²) in [6.07, 6.45) is 1.68. The topological polar surface area (TPSA) is 48.1 Å². The van der Waals surface area contributed by atoms with Gasteiger partial charge in [-0.25, -0.2) is 4.98 Å². The Balaban J connectivity index is 2.35. The van der Waals surface area contributed by atoms with E-state index < -0.39 is 0 Å². The third-order valence-electron chi connectivity index (χ3n) is 2.21. The van der Waals surface area contributed by atoms with Gasteiger partial charge in [0.1, 0.15) is 5.75 Å². The van der Waals surface area contributed by atoms with Gasteiger partial charge in [-0.2, -0.15) is 0 Å². The van der Waals surface area contributed by atoms with Crippen molar-refractivity contribution in [2.45, 2.75) is 6.92 Å². The summed E-state index contributed by atoms with van der Waals surface area (Å²) in [5, 5.41) is 0.459. The van der Waals surface area contributed by atoms with E-state index in [1.807, 2.05) is 13.0 Å². The second-order valence-corrected chi connectivity index (χ2v) is 4.74. The van der Waals surface area contributed by atoms with Crippen LogP contribution in [-0.4, -0.2) is 4.98 Å². The Morgan fingerprint density at radius 3 is 2.82 bits per heavy atom. The number of halogens is 2. The van der Waals surface area contributed by atoms with E-state index in [9.17, 15) is 0 Å². The lowest BCUT2D eigenvalue weighted by atomic mass is 10.3. The highest BCUT2D eigenvalue weighted by Gasteiger charge is 2.09. The van der Waals surface area contributed by atoms with Gasteiger partial charge in [-0.1, -0.05) is 11.6 Å². The fourth-order valence-electron chi connectivity index (χ4n) is 1.29. The van der Waals surface area contributed by atoms with Crippen molar-refractivity contribution >= 4 is 33.2 Å². The number of pyridine rings is 1. The van der Waals surface area contributed by atoms with Crippen LogP contribution >= 0.6 is 27.5 Å². The average molecular weight is 314 g/mol. The van der Waals surface area contributed by atoms with Crippen molar-refractivity contribution in [1.29, 1.82) is 0 Å². The Bertz CT molecular complexity index is 560. The van der Waals surface area contributed by atoms with Crippen molar-refractivity contribution in [3.8, 4) is 11.6 Å². The number of nitrogens with zero attached hydrogens (tertiary/aromatic N) is 1. The third kappa shape index (κ3) is 2.70. The molecule has 17 heavy (non-hydrogen) atoms. The van der Waals surface area contributed by atoms with Gasteiger partial charge in [-0.05, 0) is 52.7 Å². The van der Waals surface area contributed by atoms with E-state index in [2.05, 4.69) is 20.9 Å². The van der Waals surface area contributed by atoms with Gasteiger partial charge < -0.3 is 10.5 Å². The van der Waals surface area contributed by atoms with Crippen LogP contribution in [0.4, 0.5) is 5.69 Å². The van der Waals surface area contributed by atoms with Crippen LogP contribution in [0.1, 0.15) is 5.56 Å². The molecule has 0 saturated heterocycles. The summed E-state index contributed by atoms with van der Waals surface area (Å²) < 4.78 is 6.44. The number of aromatic nitrogens is 1. The number of hydrogen-bond donors (Lipinski definition) is 1. The monoisotopic (exact) mass is 312 g/mol. The number of ether oxygens (including phenoxy) is 1. The van der Waals surface area contributed by atoms with E-state index in [-0.39, 0.29) is 0 Å². The Kier molecular flexibility index (Phi) is 3.54. The van der Waals surface area contributed by atoms with Crippen molar-refractivity contribution in [3.63, 3.8) is 0 Å². The maximum atomic E-state index is 6.02. The zero-order valence-electron chi connectivity index (χ0n) is 9.08. The fourth-order valence-corrected chi connectivity index (χ4v) is 1.83. The van der Waals surface area contributed by atoms with Crippen molar-refractivity contribution in [2.75, 3.05) is 5.73 Å². The fraction of sp³-hybridized carbons (Fsp3) is 0.0833. The molecule has 2 N–H and O–H groups in total. The smallest absolute Gasteiger partial charge is 0.233 e. The molecule has 88 valence electrons. The van der Waals surface area contributed by atoms with Crippen LogP contribution < -0.4 is 10.5 Å². The first-order valence-electron chi connectivity index (χ1n) is 4.92. The zero-order chi connectivity index (χ0) is 12.4. The summed E-state index contributed by atoms with van der Waals surface area (Å²) in [4.78, 5) is 4.14. The molecule has 0 fully saturated rings. The molecular weight excluding hydrogens is 304 g/mol. The maximum Gasteiger partial charge on any atom is 0.233 e. The Hall–Kier alpha value is -1.26. The number of rotatable bonds is 2. The minimum atomic E-state index is 0.459. The highest BCUT2D eigenvalue weighted by Crippen LogP contribution is 2.34. The first-order chi connectivity index (χ1) is 8.08. The molecule has 1 heterocycles. The molecule has 2 aromatic rings. The van der Waals surface area contributed by atoms with Gasteiger partial charge in [-0.15, -0.1) is 0 Å². The summed E-state index contributed by atoms with van der Waals surface area (Å²) in [5.41, 5.74) is 7.25. The predicted octanol–water partition coefficient (Wildman–Crippen LogP) is 4.18. The molecule has 0 saturated carbocycles. The number of anilines is 1. The first-order valence-corrected chi connectivity index (χ1v) is 6.09. The molecule has 0 amide bonds. The van der Waals surface area contributed by atoms with E-state index in [1.165, 1.54) is 0 Å². The standard InChI is InChI=1S/C12H10BrClN2O/c1-7-4-5-16-12(11(7)13)17-10-3-2-8(15)6-9(10)14/h2-6H,15H2,1H3. The molecule has 3 nitrogen and oxygen atoms in total. The van der Waals surface area contributed by atoms with Crippen LogP contribution in [0.25, 0.3) is 0 Å². The first kappa shape index (κ1) is 12.2. The van der Waals surface area contributed by atoms with E-state index in [1.54, 1.807) is 24.4 Å². The van der Waals surface area contributed by atoms with Crippen LogP contribution in [0.3, 0.4) is 0 Å². The van der Waals surface area contributed by atoms with Gasteiger partial charge >= 0.3 is 0 Å². The maximum absolute atomic E-state index is 6.02. The second kappa shape index (κ2) is 4.94. The van der Waals surface area contributed by atoms with E-state index in [0.717, 1.165) is 10.0 Å². The lowest BCUT2D eigenvalue weighted by molar-refractivity contribution is 0.459. The van der Waals surface area contributed by atoms with Crippen molar-refractivity contribution in [2.24, 2.45) is 0 Å². The molecule has 5 heteroatoms. The quantitative estimate of drug-likeness (QED) is 0.846. The number of hydrogen-bond acceptors (Lipinski definition) is 3. The van der Waals surface area contributed by atoms with Crippen molar-refractivity contribution < 1.29 is 4.74 Å². The summed E-state index contributed by atoms with van der Waals surface area (Å²) in [7, 11) is 0.